The Kier molecular flexibility index (Phi) is 5.27. The first kappa shape index (κ1) is 19.3. The topological polar surface area (TPSA) is 109 Å². The summed E-state index contributed by atoms with van der Waals surface area (Å²) in [5.74, 6) is -0.478. The number of phenolic OH excluding ortho intramolecular Hbond substituents is 1. The number of carbonyl (C=O) groups excluding carboxylic acids is 2. The molecule has 0 unspecified atom stereocenters. The maximum atomic E-state index is 12.5. The van der Waals surface area contributed by atoms with Gasteiger partial charge in [-0.25, -0.2) is 9.67 Å². The lowest BCUT2D eigenvalue weighted by Gasteiger charge is -2.07. The molecule has 0 saturated carbocycles. The van der Waals surface area contributed by atoms with Crippen molar-refractivity contribution in [1.29, 1.82) is 0 Å². The fourth-order valence-corrected chi connectivity index (χ4v) is 3.58. The minimum absolute atomic E-state index is 0.134. The molecular formula is C21H17N5O3S. The third kappa shape index (κ3) is 4.20. The number of anilines is 2. The summed E-state index contributed by atoms with van der Waals surface area (Å²) in [4.78, 5) is 29.7. The maximum Gasteiger partial charge on any atom is 0.265 e. The Morgan fingerprint density at radius 1 is 0.967 bits per heavy atom. The molecule has 9 heteroatoms. The van der Waals surface area contributed by atoms with Gasteiger partial charge in [0.05, 0.1) is 15.4 Å². The Morgan fingerprint density at radius 3 is 2.30 bits per heavy atom. The van der Waals surface area contributed by atoms with Gasteiger partial charge < -0.3 is 15.7 Å². The van der Waals surface area contributed by atoms with Crippen molar-refractivity contribution in [3.05, 3.63) is 82.6 Å². The highest BCUT2D eigenvalue weighted by molar-refractivity contribution is 7.16. The lowest BCUT2D eigenvalue weighted by molar-refractivity contribution is 0.102. The summed E-state index contributed by atoms with van der Waals surface area (Å²) < 4.78 is 1.62. The molecule has 0 aliphatic rings. The van der Waals surface area contributed by atoms with Crippen LogP contribution in [-0.4, -0.2) is 31.7 Å². The number of hydrogen-bond acceptors (Lipinski definition) is 6. The number of hydrogen-bond donors (Lipinski definition) is 3. The number of rotatable bonds is 5. The van der Waals surface area contributed by atoms with Crippen LogP contribution in [-0.2, 0) is 0 Å². The molecule has 4 rings (SSSR count). The van der Waals surface area contributed by atoms with Gasteiger partial charge in [0.15, 0.2) is 0 Å². The van der Waals surface area contributed by atoms with Crippen LogP contribution in [0.15, 0.2) is 67.3 Å². The minimum Gasteiger partial charge on any atom is -0.508 e. The van der Waals surface area contributed by atoms with Crippen molar-refractivity contribution in [2.24, 2.45) is 0 Å². The van der Waals surface area contributed by atoms with Gasteiger partial charge in [0.2, 0.25) is 0 Å². The number of phenols is 1. The third-order valence-electron chi connectivity index (χ3n) is 4.32. The number of aryl methyl sites for hydroxylation is 1. The first-order valence-electron chi connectivity index (χ1n) is 8.97. The van der Waals surface area contributed by atoms with Gasteiger partial charge in [-0.1, -0.05) is 0 Å². The molecule has 8 nitrogen and oxygen atoms in total. The number of benzene rings is 2. The Balaban J connectivity index is 1.41. The van der Waals surface area contributed by atoms with E-state index in [9.17, 15) is 14.7 Å². The fourth-order valence-electron chi connectivity index (χ4n) is 2.79. The summed E-state index contributed by atoms with van der Waals surface area (Å²) in [7, 11) is 0. The van der Waals surface area contributed by atoms with Gasteiger partial charge in [-0.2, -0.15) is 5.10 Å². The predicted molar refractivity (Wildman–Crippen MR) is 114 cm³/mol. The largest absolute Gasteiger partial charge is 0.508 e. The standard InChI is InChI=1S/C21H17N5O3S/c1-13-10-16(27)6-7-17(13)25-21(29)19-9-8-18(30-19)20(28)24-14-2-4-15(5-3-14)26-12-22-11-23-26/h2-12,27H,1H3,(H,24,28)(H,25,29). The van der Waals surface area contributed by atoms with Gasteiger partial charge in [-0.15, -0.1) is 11.3 Å². The molecule has 4 aromatic rings. The van der Waals surface area contributed by atoms with Gasteiger partial charge in [-0.05, 0) is 67.1 Å². The molecule has 2 heterocycles. The van der Waals surface area contributed by atoms with Crippen molar-refractivity contribution in [2.45, 2.75) is 6.92 Å². The van der Waals surface area contributed by atoms with Crippen LogP contribution in [0.1, 0.15) is 24.9 Å². The van der Waals surface area contributed by atoms with Gasteiger partial charge in [0.25, 0.3) is 11.8 Å². The van der Waals surface area contributed by atoms with Crippen LogP contribution in [0, 0.1) is 6.92 Å². The number of thiophene rings is 1. The summed E-state index contributed by atoms with van der Waals surface area (Å²) in [6.07, 6.45) is 3.04. The van der Waals surface area contributed by atoms with E-state index in [2.05, 4.69) is 20.7 Å². The number of amides is 2. The summed E-state index contributed by atoms with van der Waals surface area (Å²) in [6, 6.07) is 15.1. The molecular weight excluding hydrogens is 402 g/mol. The number of carbonyl (C=O) groups is 2. The van der Waals surface area contributed by atoms with Crippen LogP contribution in [0.25, 0.3) is 5.69 Å². The zero-order chi connectivity index (χ0) is 21.1. The van der Waals surface area contributed by atoms with Crippen molar-refractivity contribution in [2.75, 3.05) is 10.6 Å². The molecule has 0 bridgehead atoms. The second-order valence-corrected chi connectivity index (χ2v) is 7.54. The van der Waals surface area contributed by atoms with E-state index in [0.29, 0.717) is 21.1 Å². The first-order valence-corrected chi connectivity index (χ1v) is 9.78. The van der Waals surface area contributed by atoms with E-state index in [1.54, 1.807) is 54.3 Å². The highest BCUT2D eigenvalue weighted by Crippen LogP contribution is 2.23. The number of aromatic nitrogens is 3. The summed E-state index contributed by atoms with van der Waals surface area (Å²) in [5, 5.41) is 19.1. The van der Waals surface area contributed by atoms with E-state index < -0.39 is 0 Å². The smallest absolute Gasteiger partial charge is 0.265 e. The highest BCUT2D eigenvalue weighted by Gasteiger charge is 2.15. The molecule has 0 radical (unpaired) electrons. The van der Waals surface area contributed by atoms with Crippen molar-refractivity contribution in [1.82, 2.24) is 14.8 Å². The molecule has 2 amide bonds. The second-order valence-electron chi connectivity index (χ2n) is 6.46. The zero-order valence-corrected chi connectivity index (χ0v) is 16.7. The van der Waals surface area contributed by atoms with E-state index in [-0.39, 0.29) is 17.6 Å². The van der Waals surface area contributed by atoms with Crippen molar-refractivity contribution >= 4 is 34.5 Å². The third-order valence-corrected chi connectivity index (χ3v) is 5.40. The normalized spacial score (nSPS) is 10.6. The molecule has 3 N–H and O–H groups in total. The van der Waals surface area contributed by atoms with Crippen molar-refractivity contribution in [3.8, 4) is 11.4 Å². The molecule has 0 fully saturated rings. The lowest BCUT2D eigenvalue weighted by Crippen LogP contribution is -2.11. The van der Waals surface area contributed by atoms with Crippen LogP contribution >= 0.6 is 11.3 Å². The summed E-state index contributed by atoms with van der Waals surface area (Å²) in [5.41, 5.74) is 2.80. The van der Waals surface area contributed by atoms with Crippen molar-refractivity contribution < 1.29 is 14.7 Å². The van der Waals surface area contributed by atoms with Gasteiger partial charge in [-0.3, -0.25) is 9.59 Å². The maximum absolute atomic E-state index is 12.5. The molecule has 0 atom stereocenters. The molecule has 30 heavy (non-hydrogen) atoms. The molecule has 0 aliphatic carbocycles. The predicted octanol–water partition coefficient (Wildman–Crippen LogP) is 3.85. The minimum atomic E-state index is -0.315. The Morgan fingerprint density at radius 2 is 1.67 bits per heavy atom. The lowest BCUT2D eigenvalue weighted by atomic mass is 10.2. The van der Waals surface area contributed by atoms with E-state index >= 15 is 0 Å². The number of nitrogens with zero attached hydrogens (tertiary/aromatic N) is 3. The van der Waals surface area contributed by atoms with Crippen LogP contribution in [0.4, 0.5) is 11.4 Å². The highest BCUT2D eigenvalue weighted by atomic mass is 32.1. The van der Waals surface area contributed by atoms with E-state index in [1.165, 1.54) is 12.4 Å². The van der Waals surface area contributed by atoms with Gasteiger partial charge in [0.1, 0.15) is 18.4 Å². The van der Waals surface area contributed by atoms with Gasteiger partial charge >= 0.3 is 0 Å². The quantitative estimate of drug-likeness (QED) is 0.426. The fraction of sp³-hybridized carbons (Fsp3) is 0.0476. The molecule has 0 spiro atoms. The van der Waals surface area contributed by atoms with Crippen LogP contribution in [0.5, 0.6) is 5.75 Å². The Labute approximate surface area is 175 Å². The average molecular weight is 419 g/mol. The molecule has 2 aromatic carbocycles. The van der Waals surface area contributed by atoms with E-state index in [1.807, 2.05) is 12.1 Å². The summed E-state index contributed by atoms with van der Waals surface area (Å²) >= 11 is 1.10. The molecule has 0 saturated heterocycles. The molecule has 0 aliphatic heterocycles. The van der Waals surface area contributed by atoms with Crippen LogP contribution < -0.4 is 10.6 Å². The van der Waals surface area contributed by atoms with Crippen LogP contribution in [0.3, 0.4) is 0 Å². The Hall–Kier alpha value is -3.98. The SMILES string of the molecule is Cc1cc(O)ccc1NC(=O)c1ccc(C(=O)Nc2ccc(-n3cncn3)cc2)s1. The van der Waals surface area contributed by atoms with Crippen molar-refractivity contribution in [3.63, 3.8) is 0 Å². The zero-order valence-electron chi connectivity index (χ0n) is 15.9. The van der Waals surface area contributed by atoms with Crippen LogP contribution in [0.2, 0.25) is 0 Å². The van der Waals surface area contributed by atoms with Gasteiger partial charge in [0, 0.05) is 11.4 Å². The number of nitrogens with one attached hydrogen (secondary N) is 2. The van der Waals surface area contributed by atoms with E-state index in [0.717, 1.165) is 22.6 Å². The number of aromatic hydroxyl groups is 1. The average Bonchev–Trinajstić information content (AvgIpc) is 3.43. The molecule has 150 valence electrons. The second kappa shape index (κ2) is 8.18. The molecule has 2 aromatic heterocycles. The summed E-state index contributed by atoms with van der Waals surface area (Å²) in [6.45, 7) is 1.79. The monoisotopic (exact) mass is 419 g/mol. The first-order chi connectivity index (χ1) is 14.5. The van der Waals surface area contributed by atoms with E-state index in [4.69, 9.17) is 0 Å². The Bertz CT molecular complexity index is 1200.